The Morgan fingerprint density at radius 2 is 2.35 bits per heavy atom. The number of amides is 1. The number of aryl methyl sites for hydroxylation is 1. The number of hydrogen-bond acceptors (Lipinski definition) is 4. The van der Waals surface area contributed by atoms with Crippen LogP contribution in [0.25, 0.3) is 10.2 Å². The summed E-state index contributed by atoms with van der Waals surface area (Å²) >= 11 is 7.80. The number of hydrogen-bond donors (Lipinski definition) is 1. The lowest BCUT2D eigenvalue weighted by atomic mass is 10.1. The summed E-state index contributed by atoms with van der Waals surface area (Å²) in [5, 5.41) is 4.45. The van der Waals surface area contributed by atoms with E-state index in [-0.39, 0.29) is 11.8 Å². The molecule has 1 atom stereocenters. The van der Waals surface area contributed by atoms with Gasteiger partial charge in [-0.15, -0.1) is 0 Å². The van der Waals surface area contributed by atoms with Crippen molar-refractivity contribution in [1.82, 2.24) is 10.3 Å². The van der Waals surface area contributed by atoms with Gasteiger partial charge in [0.25, 0.3) is 0 Å². The Bertz CT molecular complexity index is 670. The van der Waals surface area contributed by atoms with Crippen molar-refractivity contribution in [3.8, 4) is 0 Å². The van der Waals surface area contributed by atoms with Crippen molar-refractivity contribution in [2.45, 2.75) is 13.3 Å². The Kier molecular flexibility index (Phi) is 3.56. The van der Waals surface area contributed by atoms with Gasteiger partial charge in [0.05, 0.1) is 16.1 Å². The fourth-order valence-electron chi connectivity index (χ4n) is 2.58. The average molecular weight is 310 g/mol. The van der Waals surface area contributed by atoms with Crippen LogP contribution in [0.1, 0.15) is 12.0 Å². The molecule has 1 aliphatic heterocycles. The maximum absolute atomic E-state index is 11.7. The number of halogens is 1. The quantitative estimate of drug-likeness (QED) is 0.928. The van der Waals surface area contributed by atoms with E-state index in [0.717, 1.165) is 45.4 Å². The largest absolute Gasteiger partial charge is 0.359 e. The molecule has 2 aromatic rings. The van der Waals surface area contributed by atoms with Gasteiger partial charge < -0.3 is 10.2 Å². The van der Waals surface area contributed by atoms with Gasteiger partial charge in [-0.2, -0.15) is 0 Å². The summed E-state index contributed by atoms with van der Waals surface area (Å²) in [4.78, 5) is 18.6. The summed E-state index contributed by atoms with van der Waals surface area (Å²) in [6.07, 6.45) is 0.884. The summed E-state index contributed by atoms with van der Waals surface area (Å²) in [7, 11) is 1.69. The number of nitrogens with one attached hydrogen (secondary N) is 1. The lowest BCUT2D eigenvalue weighted by Crippen LogP contribution is -2.30. The van der Waals surface area contributed by atoms with Gasteiger partial charge in [-0.3, -0.25) is 4.79 Å². The molecule has 1 saturated heterocycles. The fourth-order valence-corrected chi connectivity index (χ4v) is 3.79. The minimum atomic E-state index is 0.0664. The molecular formula is C14H16ClN3OS. The van der Waals surface area contributed by atoms with Gasteiger partial charge in [-0.1, -0.05) is 22.9 Å². The van der Waals surface area contributed by atoms with Gasteiger partial charge in [0, 0.05) is 25.2 Å². The second kappa shape index (κ2) is 5.22. The van der Waals surface area contributed by atoms with Gasteiger partial charge >= 0.3 is 0 Å². The van der Waals surface area contributed by atoms with Crippen molar-refractivity contribution in [3.05, 3.63) is 22.7 Å². The van der Waals surface area contributed by atoms with E-state index in [1.165, 1.54) is 0 Å². The number of carbonyl (C=O) groups excluding carboxylic acids is 1. The highest BCUT2D eigenvalue weighted by molar-refractivity contribution is 7.22. The van der Waals surface area contributed by atoms with Crippen molar-refractivity contribution in [1.29, 1.82) is 0 Å². The predicted molar refractivity (Wildman–Crippen MR) is 83.8 cm³/mol. The summed E-state index contributed by atoms with van der Waals surface area (Å²) in [5.41, 5.74) is 2.00. The SMILES string of the molecule is CNC(=O)C1CCN(c2nc3c(C)c(Cl)ccc3s2)C1. The van der Waals surface area contributed by atoms with E-state index in [2.05, 4.69) is 10.2 Å². The highest BCUT2D eigenvalue weighted by Crippen LogP contribution is 2.35. The van der Waals surface area contributed by atoms with E-state index in [9.17, 15) is 4.79 Å². The maximum atomic E-state index is 11.7. The summed E-state index contributed by atoms with van der Waals surface area (Å²) in [6.45, 7) is 3.61. The molecular weight excluding hydrogens is 294 g/mol. The zero-order valence-corrected chi connectivity index (χ0v) is 13.0. The Hall–Kier alpha value is -1.33. The highest BCUT2D eigenvalue weighted by atomic mass is 35.5. The lowest BCUT2D eigenvalue weighted by molar-refractivity contribution is -0.123. The normalized spacial score (nSPS) is 18.8. The van der Waals surface area contributed by atoms with E-state index < -0.39 is 0 Å². The van der Waals surface area contributed by atoms with Crippen molar-refractivity contribution in [2.75, 3.05) is 25.0 Å². The van der Waals surface area contributed by atoms with Crippen LogP contribution in [0.5, 0.6) is 0 Å². The van der Waals surface area contributed by atoms with Crippen molar-refractivity contribution in [2.24, 2.45) is 5.92 Å². The Morgan fingerprint density at radius 1 is 1.55 bits per heavy atom. The second-order valence-electron chi connectivity index (χ2n) is 5.06. The lowest BCUT2D eigenvalue weighted by Gasteiger charge is -2.14. The first-order valence-corrected chi connectivity index (χ1v) is 7.81. The van der Waals surface area contributed by atoms with Crippen molar-refractivity contribution >= 4 is 44.2 Å². The first-order chi connectivity index (χ1) is 9.60. The number of rotatable bonds is 2. The zero-order valence-electron chi connectivity index (χ0n) is 11.4. The third-order valence-corrected chi connectivity index (χ3v) is 5.30. The second-order valence-corrected chi connectivity index (χ2v) is 6.48. The zero-order chi connectivity index (χ0) is 14.3. The molecule has 3 rings (SSSR count). The molecule has 4 nitrogen and oxygen atoms in total. The first-order valence-electron chi connectivity index (χ1n) is 6.62. The number of thiazole rings is 1. The van der Waals surface area contributed by atoms with Crippen LogP contribution in [0.3, 0.4) is 0 Å². The molecule has 0 aliphatic carbocycles. The van der Waals surface area contributed by atoms with Crippen LogP contribution in [0.2, 0.25) is 5.02 Å². The predicted octanol–water partition coefficient (Wildman–Crippen LogP) is 2.83. The van der Waals surface area contributed by atoms with E-state index in [1.807, 2.05) is 19.1 Å². The summed E-state index contributed by atoms with van der Waals surface area (Å²) < 4.78 is 1.14. The van der Waals surface area contributed by atoms with Crippen LogP contribution >= 0.6 is 22.9 Å². The van der Waals surface area contributed by atoms with E-state index in [0.29, 0.717) is 0 Å². The molecule has 6 heteroatoms. The summed E-state index contributed by atoms with van der Waals surface area (Å²) in [6, 6.07) is 3.93. The molecule has 0 radical (unpaired) electrons. The van der Waals surface area contributed by atoms with Gasteiger partial charge in [-0.25, -0.2) is 4.98 Å². The molecule has 20 heavy (non-hydrogen) atoms. The standard InChI is InChI=1S/C14H16ClN3OS/c1-8-10(15)3-4-11-12(8)17-14(20-11)18-6-5-9(7-18)13(19)16-2/h3-4,9H,5-7H2,1-2H3,(H,16,19). The molecule has 1 N–H and O–H groups in total. The molecule has 1 fully saturated rings. The molecule has 1 amide bonds. The van der Waals surface area contributed by atoms with E-state index in [1.54, 1.807) is 18.4 Å². The van der Waals surface area contributed by atoms with Crippen molar-refractivity contribution in [3.63, 3.8) is 0 Å². The van der Waals surface area contributed by atoms with E-state index in [4.69, 9.17) is 16.6 Å². The van der Waals surface area contributed by atoms with Gasteiger partial charge in [0.2, 0.25) is 5.91 Å². The maximum Gasteiger partial charge on any atom is 0.224 e. The van der Waals surface area contributed by atoms with Gasteiger partial charge in [0.15, 0.2) is 5.13 Å². The molecule has 1 aromatic heterocycles. The van der Waals surface area contributed by atoms with E-state index >= 15 is 0 Å². The number of fused-ring (bicyclic) bond motifs is 1. The van der Waals surface area contributed by atoms with Crippen LogP contribution < -0.4 is 10.2 Å². The highest BCUT2D eigenvalue weighted by Gasteiger charge is 2.29. The molecule has 0 saturated carbocycles. The number of aromatic nitrogens is 1. The molecule has 0 spiro atoms. The smallest absolute Gasteiger partial charge is 0.224 e. The molecule has 1 aromatic carbocycles. The van der Waals surface area contributed by atoms with Crippen LogP contribution in [0.15, 0.2) is 12.1 Å². The topological polar surface area (TPSA) is 45.2 Å². The Balaban J connectivity index is 1.89. The minimum absolute atomic E-state index is 0.0664. The van der Waals surface area contributed by atoms with Gasteiger partial charge in [-0.05, 0) is 31.0 Å². The van der Waals surface area contributed by atoms with Crippen LogP contribution in [-0.4, -0.2) is 31.0 Å². The third kappa shape index (κ3) is 2.25. The fraction of sp³-hybridized carbons (Fsp3) is 0.429. The molecule has 2 heterocycles. The molecule has 0 bridgehead atoms. The third-order valence-electron chi connectivity index (χ3n) is 3.81. The molecule has 106 valence electrons. The molecule has 1 unspecified atom stereocenters. The minimum Gasteiger partial charge on any atom is -0.359 e. The number of anilines is 1. The summed E-state index contributed by atoms with van der Waals surface area (Å²) in [5.74, 6) is 0.185. The first kappa shape index (κ1) is 13.6. The molecule has 1 aliphatic rings. The van der Waals surface area contributed by atoms with Crippen LogP contribution in [0.4, 0.5) is 5.13 Å². The monoisotopic (exact) mass is 309 g/mol. The Labute approximate surface area is 126 Å². The number of nitrogens with zero attached hydrogens (tertiary/aromatic N) is 2. The van der Waals surface area contributed by atoms with Crippen LogP contribution in [-0.2, 0) is 4.79 Å². The van der Waals surface area contributed by atoms with Gasteiger partial charge in [0.1, 0.15) is 0 Å². The van der Waals surface area contributed by atoms with Crippen LogP contribution in [0, 0.1) is 12.8 Å². The van der Waals surface area contributed by atoms with Crippen molar-refractivity contribution < 1.29 is 4.79 Å². The number of benzene rings is 1. The Morgan fingerprint density at radius 3 is 3.10 bits per heavy atom. The average Bonchev–Trinajstić information content (AvgIpc) is 3.08. The number of carbonyl (C=O) groups is 1.